The molecule has 0 spiro atoms. The maximum Gasteiger partial charge on any atom is 0.267 e. The van der Waals surface area contributed by atoms with E-state index < -0.39 is 0 Å². The van der Waals surface area contributed by atoms with E-state index in [1.165, 1.54) is 16.3 Å². The van der Waals surface area contributed by atoms with E-state index in [2.05, 4.69) is 31.1 Å². The molecule has 0 saturated carbocycles. The molecule has 1 aliphatic heterocycles. The summed E-state index contributed by atoms with van der Waals surface area (Å²) in [6, 6.07) is 13.4. The molecule has 0 aliphatic carbocycles. The molecule has 1 fully saturated rings. The number of amides is 1. The third-order valence-corrected chi connectivity index (χ3v) is 4.78. The predicted molar refractivity (Wildman–Crippen MR) is 92.8 cm³/mol. The number of aromatic nitrogens is 2. The molecule has 1 atom stereocenters. The molecule has 1 aromatic heterocycles. The molecule has 2 heterocycles. The summed E-state index contributed by atoms with van der Waals surface area (Å²) in [5.41, 5.74) is 1.74. The molecular formula is C19H23N3O2. The highest BCUT2D eigenvalue weighted by Gasteiger charge is 2.41. The lowest BCUT2D eigenvalue weighted by molar-refractivity contribution is -0.131. The Bertz CT molecular complexity index is 796. The van der Waals surface area contributed by atoms with E-state index in [-0.39, 0.29) is 23.4 Å². The van der Waals surface area contributed by atoms with Crippen molar-refractivity contribution in [2.45, 2.75) is 33.2 Å². The van der Waals surface area contributed by atoms with Gasteiger partial charge in [0.25, 0.3) is 5.56 Å². The Morgan fingerprint density at radius 1 is 1.21 bits per heavy atom. The van der Waals surface area contributed by atoms with Crippen molar-refractivity contribution in [2.75, 3.05) is 13.1 Å². The molecule has 5 nitrogen and oxygen atoms in total. The van der Waals surface area contributed by atoms with Crippen LogP contribution in [0.1, 0.15) is 31.0 Å². The molecule has 126 valence electrons. The number of rotatable bonds is 3. The van der Waals surface area contributed by atoms with E-state index in [0.717, 1.165) is 5.69 Å². The second-order valence-corrected chi connectivity index (χ2v) is 7.20. The molecule has 0 bridgehead atoms. The van der Waals surface area contributed by atoms with E-state index in [9.17, 15) is 9.59 Å². The van der Waals surface area contributed by atoms with Crippen LogP contribution in [0.25, 0.3) is 0 Å². The minimum absolute atomic E-state index is 0.00188. The van der Waals surface area contributed by atoms with E-state index in [1.54, 1.807) is 6.07 Å². The molecule has 0 radical (unpaired) electrons. The van der Waals surface area contributed by atoms with Gasteiger partial charge < -0.3 is 4.90 Å². The molecule has 1 aromatic carbocycles. The standard InChI is InChI=1S/C19H23N3O2/c1-14-9-10-17(23)22(20-14)12-18(24)21-11-16(19(2,3)13-21)15-7-5-4-6-8-15/h4-10,16H,11-13H2,1-3H3. The monoisotopic (exact) mass is 325 g/mol. The summed E-state index contributed by atoms with van der Waals surface area (Å²) in [6.07, 6.45) is 0. The van der Waals surface area contributed by atoms with Crippen molar-refractivity contribution >= 4 is 5.91 Å². The van der Waals surface area contributed by atoms with E-state index >= 15 is 0 Å². The number of likely N-dealkylation sites (tertiary alicyclic amines) is 1. The van der Waals surface area contributed by atoms with Crippen LogP contribution in [0, 0.1) is 12.3 Å². The predicted octanol–water partition coefficient (Wildman–Crippen LogP) is 2.20. The van der Waals surface area contributed by atoms with Crippen LogP contribution in [0.2, 0.25) is 0 Å². The largest absolute Gasteiger partial charge is 0.340 e. The topological polar surface area (TPSA) is 55.2 Å². The Morgan fingerprint density at radius 3 is 2.62 bits per heavy atom. The third-order valence-electron chi connectivity index (χ3n) is 4.78. The molecule has 3 rings (SSSR count). The van der Waals surface area contributed by atoms with Crippen molar-refractivity contribution in [3.05, 3.63) is 64.1 Å². The van der Waals surface area contributed by atoms with Crippen LogP contribution >= 0.6 is 0 Å². The number of aryl methyl sites for hydroxylation is 1. The van der Waals surface area contributed by atoms with Crippen LogP contribution in [-0.2, 0) is 11.3 Å². The van der Waals surface area contributed by atoms with Gasteiger partial charge in [0, 0.05) is 25.1 Å². The second-order valence-electron chi connectivity index (χ2n) is 7.20. The van der Waals surface area contributed by atoms with Crippen molar-refractivity contribution in [1.29, 1.82) is 0 Å². The van der Waals surface area contributed by atoms with Crippen LogP contribution in [0.3, 0.4) is 0 Å². The Hall–Kier alpha value is -2.43. The summed E-state index contributed by atoms with van der Waals surface area (Å²) < 4.78 is 1.25. The van der Waals surface area contributed by atoms with Crippen LogP contribution < -0.4 is 5.56 Å². The highest BCUT2D eigenvalue weighted by atomic mass is 16.2. The summed E-state index contributed by atoms with van der Waals surface area (Å²) in [7, 11) is 0. The third kappa shape index (κ3) is 3.25. The average Bonchev–Trinajstić information content (AvgIpc) is 2.87. The number of benzene rings is 1. The number of nitrogens with zero attached hydrogens (tertiary/aromatic N) is 3. The van der Waals surface area contributed by atoms with E-state index in [1.807, 2.05) is 30.0 Å². The highest BCUT2D eigenvalue weighted by molar-refractivity contribution is 5.76. The van der Waals surface area contributed by atoms with Crippen LogP contribution in [0.5, 0.6) is 0 Å². The lowest BCUT2D eigenvalue weighted by Gasteiger charge is -2.25. The first-order valence-corrected chi connectivity index (χ1v) is 8.24. The van der Waals surface area contributed by atoms with Crippen molar-refractivity contribution in [3.8, 4) is 0 Å². The van der Waals surface area contributed by atoms with Crippen LogP contribution in [0.15, 0.2) is 47.3 Å². The zero-order valence-electron chi connectivity index (χ0n) is 14.4. The number of hydrogen-bond donors (Lipinski definition) is 0. The number of hydrogen-bond acceptors (Lipinski definition) is 3. The minimum Gasteiger partial charge on any atom is -0.340 e. The molecule has 1 aliphatic rings. The average molecular weight is 325 g/mol. The SMILES string of the molecule is Cc1ccc(=O)n(CC(=O)N2CC(c3ccccc3)C(C)(C)C2)n1. The first-order chi connectivity index (χ1) is 11.4. The molecule has 1 amide bonds. The Labute approximate surface area is 141 Å². The Balaban J connectivity index is 1.77. The van der Waals surface area contributed by atoms with Crippen LogP contribution in [-0.4, -0.2) is 33.7 Å². The first kappa shape index (κ1) is 16.4. The Kier molecular flexibility index (Phi) is 4.26. The van der Waals surface area contributed by atoms with Crippen LogP contribution in [0.4, 0.5) is 0 Å². The van der Waals surface area contributed by atoms with Gasteiger partial charge in [-0.2, -0.15) is 5.10 Å². The minimum atomic E-state index is -0.244. The fourth-order valence-corrected chi connectivity index (χ4v) is 3.46. The molecule has 1 unspecified atom stereocenters. The van der Waals surface area contributed by atoms with Crippen molar-refractivity contribution in [2.24, 2.45) is 5.41 Å². The van der Waals surface area contributed by atoms with E-state index in [0.29, 0.717) is 19.0 Å². The van der Waals surface area contributed by atoms with Gasteiger partial charge in [-0.1, -0.05) is 44.2 Å². The van der Waals surface area contributed by atoms with Crippen molar-refractivity contribution < 1.29 is 4.79 Å². The second kappa shape index (κ2) is 6.23. The van der Waals surface area contributed by atoms with Gasteiger partial charge in [0.1, 0.15) is 6.54 Å². The fourth-order valence-electron chi connectivity index (χ4n) is 3.46. The van der Waals surface area contributed by atoms with Crippen molar-refractivity contribution in [3.63, 3.8) is 0 Å². The van der Waals surface area contributed by atoms with Crippen molar-refractivity contribution in [1.82, 2.24) is 14.7 Å². The number of carbonyl (C=O) groups is 1. The number of carbonyl (C=O) groups excluding carboxylic acids is 1. The lowest BCUT2D eigenvalue weighted by atomic mass is 9.78. The molecule has 1 saturated heterocycles. The normalized spacial score (nSPS) is 19.5. The first-order valence-electron chi connectivity index (χ1n) is 8.24. The van der Waals surface area contributed by atoms with Gasteiger partial charge in [0.15, 0.2) is 0 Å². The maximum atomic E-state index is 12.7. The summed E-state index contributed by atoms with van der Waals surface area (Å²) in [4.78, 5) is 26.4. The van der Waals surface area contributed by atoms with E-state index in [4.69, 9.17) is 0 Å². The van der Waals surface area contributed by atoms with Gasteiger partial charge in [0.2, 0.25) is 5.91 Å². The molecule has 0 N–H and O–H groups in total. The molecule has 2 aromatic rings. The molecule has 24 heavy (non-hydrogen) atoms. The molecular weight excluding hydrogens is 302 g/mol. The summed E-state index contributed by atoms with van der Waals surface area (Å²) >= 11 is 0. The Morgan fingerprint density at radius 2 is 1.92 bits per heavy atom. The zero-order valence-corrected chi connectivity index (χ0v) is 14.4. The van der Waals surface area contributed by atoms with Gasteiger partial charge in [-0.25, -0.2) is 4.68 Å². The zero-order chi connectivity index (χ0) is 17.3. The van der Waals surface area contributed by atoms with Gasteiger partial charge >= 0.3 is 0 Å². The maximum absolute atomic E-state index is 12.7. The van der Waals surface area contributed by atoms with Gasteiger partial charge in [0.05, 0.1) is 5.69 Å². The summed E-state index contributed by atoms with van der Waals surface area (Å²) in [6.45, 7) is 7.55. The molecule has 5 heteroatoms. The van der Waals surface area contributed by atoms with Gasteiger partial charge in [-0.15, -0.1) is 0 Å². The van der Waals surface area contributed by atoms with Gasteiger partial charge in [-0.3, -0.25) is 9.59 Å². The summed E-state index contributed by atoms with van der Waals surface area (Å²) in [5.74, 6) is 0.242. The lowest BCUT2D eigenvalue weighted by Crippen LogP contribution is -2.36. The smallest absolute Gasteiger partial charge is 0.267 e. The van der Waals surface area contributed by atoms with Gasteiger partial charge in [-0.05, 0) is 24.0 Å². The summed E-state index contributed by atoms with van der Waals surface area (Å²) in [5, 5.41) is 4.15. The highest BCUT2D eigenvalue weighted by Crippen LogP contribution is 2.42. The fraction of sp³-hybridized carbons (Fsp3) is 0.421. The quantitative estimate of drug-likeness (QED) is 0.869.